The maximum atomic E-state index is 12.2. The Morgan fingerprint density at radius 3 is 3.05 bits per heavy atom. The van der Waals surface area contributed by atoms with E-state index in [0.29, 0.717) is 6.54 Å². The van der Waals surface area contributed by atoms with Crippen LogP contribution in [0.15, 0.2) is 11.6 Å². The summed E-state index contributed by atoms with van der Waals surface area (Å²) in [5, 5.41) is 6.09. The molecule has 2 rings (SSSR count). The zero-order valence-electron chi connectivity index (χ0n) is 11.5. The van der Waals surface area contributed by atoms with E-state index in [1.807, 2.05) is 5.38 Å². The summed E-state index contributed by atoms with van der Waals surface area (Å²) in [6, 6.07) is 0.0256. The van der Waals surface area contributed by atoms with E-state index < -0.39 is 0 Å². The maximum absolute atomic E-state index is 12.2. The molecule has 0 aliphatic heterocycles. The molecule has 3 unspecified atom stereocenters. The largest absolute Gasteiger partial charge is 0.355 e. The fraction of sp³-hybridized carbons (Fsp3) is 0.714. The van der Waals surface area contributed by atoms with Crippen molar-refractivity contribution < 1.29 is 4.79 Å². The Bertz CT molecular complexity index is 393. The molecule has 1 amide bonds. The van der Waals surface area contributed by atoms with Gasteiger partial charge >= 0.3 is 0 Å². The first-order valence-electron chi connectivity index (χ1n) is 7.11. The van der Waals surface area contributed by atoms with Crippen LogP contribution in [-0.4, -0.2) is 23.5 Å². The lowest BCUT2D eigenvalue weighted by Crippen LogP contribution is -2.42. The number of carbonyl (C=O) groups is 1. The summed E-state index contributed by atoms with van der Waals surface area (Å²) < 4.78 is 0. The summed E-state index contributed by atoms with van der Waals surface area (Å²) in [4.78, 5) is 16.5. The molecule has 0 bridgehead atoms. The molecule has 1 aliphatic rings. The number of nitrogens with two attached hydrogens (primary N) is 1. The highest BCUT2D eigenvalue weighted by molar-refractivity contribution is 7.09. The molecule has 4 nitrogen and oxygen atoms in total. The summed E-state index contributed by atoms with van der Waals surface area (Å²) >= 11 is 1.64. The number of aromatic nitrogens is 1. The Hall–Kier alpha value is -0.940. The molecule has 1 saturated carbocycles. The molecule has 3 atom stereocenters. The second-order valence-corrected chi connectivity index (χ2v) is 6.35. The zero-order valence-corrected chi connectivity index (χ0v) is 12.3. The van der Waals surface area contributed by atoms with Gasteiger partial charge in [0.1, 0.15) is 0 Å². The number of thiazole rings is 1. The van der Waals surface area contributed by atoms with Gasteiger partial charge in [-0.2, -0.15) is 0 Å². The highest BCUT2D eigenvalue weighted by atomic mass is 32.1. The Morgan fingerprint density at radius 1 is 1.53 bits per heavy atom. The Labute approximate surface area is 118 Å². The lowest BCUT2D eigenvalue weighted by Gasteiger charge is -2.21. The van der Waals surface area contributed by atoms with Gasteiger partial charge in [-0.1, -0.05) is 26.2 Å². The number of rotatable bonds is 4. The van der Waals surface area contributed by atoms with E-state index in [1.54, 1.807) is 17.5 Å². The first kappa shape index (κ1) is 14.5. The van der Waals surface area contributed by atoms with Crippen molar-refractivity contribution in [2.45, 2.75) is 51.0 Å². The van der Waals surface area contributed by atoms with Gasteiger partial charge in [0.25, 0.3) is 0 Å². The molecular formula is C14H23N3OS. The minimum atomic E-state index is -0.00834. The molecule has 1 aromatic rings. The van der Waals surface area contributed by atoms with E-state index in [9.17, 15) is 4.79 Å². The summed E-state index contributed by atoms with van der Waals surface area (Å²) in [5.41, 5.74) is 6.11. The quantitative estimate of drug-likeness (QED) is 0.832. The third-order valence-electron chi connectivity index (χ3n) is 3.86. The van der Waals surface area contributed by atoms with Gasteiger partial charge in [-0.3, -0.25) is 4.79 Å². The van der Waals surface area contributed by atoms with Gasteiger partial charge < -0.3 is 11.1 Å². The van der Waals surface area contributed by atoms with E-state index in [4.69, 9.17) is 5.73 Å². The van der Waals surface area contributed by atoms with Gasteiger partial charge in [-0.15, -0.1) is 11.3 Å². The summed E-state index contributed by atoms with van der Waals surface area (Å²) in [7, 11) is 0. The lowest BCUT2D eigenvalue weighted by atomic mass is 9.94. The van der Waals surface area contributed by atoms with Gasteiger partial charge in [0.05, 0.1) is 10.9 Å². The monoisotopic (exact) mass is 281 g/mol. The van der Waals surface area contributed by atoms with Crippen LogP contribution in [0, 0.1) is 5.92 Å². The highest BCUT2D eigenvalue weighted by Gasteiger charge is 2.27. The van der Waals surface area contributed by atoms with Gasteiger partial charge in [-0.25, -0.2) is 4.98 Å². The smallest absolute Gasteiger partial charge is 0.224 e. The van der Waals surface area contributed by atoms with Crippen molar-refractivity contribution in [2.24, 2.45) is 11.7 Å². The number of hydrogen-bond acceptors (Lipinski definition) is 4. The lowest BCUT2D eigenvalue weighted by molar-refractivity contribution is -0.125. The second-order valence-electron chi connectivity index (χ2n) is 5.42. The minimum absolute atomic E-state index is 0.00834. The average Bonchev–Trinajstić information content (AvgIpc) is 2.85. The number of nitrogens with zero attached hydrogens (tertiary/aromatic N) is 1. The summed E-state index contributed by atoms with van der Waals surface area (Å²) in [6.07, 6.45) is 7.18. The van der Waals surface area contributed by atoms with Crippen LogP contribution in [0.3, 0.4) is 0 Å². The third-order valence-corrected chi connectivity index (χ3v) is 4.87. The normalized spacial score (nSPS) is 25.6. The van der Waals surface area contributed by atoms with Gasteiger partial charge in [-0.05, 0) is 12.8 Å². The number of nitrogens with one attached hydrogen (secondary N) is 1. The number of amides is 1. The molecule has 1 aliphatic carbocycles. The van der Waals surface area contributed by atoms with Crippen molar-refractivity contribution >= 4 is 17.2 Å². The standard InChI is InChI=1S/C14H23N3OS/c1-10(14-16-7-8-19-14)9-17-13(18)11-5-3-2-4-6-12(11)15/h7-8,10-12H,2-6,9,15H2,1H3,(H,17,18). The fourth-order valence-electron chi connectivity index (χ4n) is 2.61. The SMILES string of the molecule is CC(CNC(=O)C1CCCCCC1N)c1nccs1. The van der Waals surface area contributed by atoms with Crippen LogP contribution in [0.2, 0.25) is 0 Å². The summed E-state index contributed by atoms with van der Waals surface area (Å²) in [6.45, 7) is 2.74. The molecule has 19 heavy (non-hydrogen) atoms. The van der Waals surface area contributed by atoms with Crippen LogP contribution in [0.5, 0.6) is 0 Å². The van der Waals surface area contributed by atoms with Crippen molar-refractivity contribution in [1.29, 1.82) is 0 Å². The first-order valence-corrected chi connectivity index (χ1v) is 7.99. The van der Waals surface area contributed by atoms with Crippen LogP contribution >= 0.6 is 11.3 Å². The number of carbonyl (C=O) groups excluding carboxylic acids is 1. The van der Waals surface area contributed by atoms with Crippen molar-refractivity contribution in [2.75, 3.05) is 6.54 Å². The van der Waals surface area contributed by atoms with Crippen molar-refractivity contribution in [3.05, 3.63) is 16.6 Å². The van der Waals surface area contributed by atoms with Crippen LogP contribution in [0.1, 0.15) is 50.0 Å². The van der Waals surface area contributed by atoms with Crippen LogP contribution in [-0.2, 0) is 4.79 Å². The predicted octanol–water partition coefficient (Wildman–Crippen LogP) is 2.27. The fourth-order valence-corrected chi connectivity index (χ4v) is 3.31. The van der Waals surface area contributed by atoms with Crippen molar-refractivity contribution in [1.82, 2.24) is 10.3 Å². The first-order chi connectivity index (χ1) is 9.18. The average molecular weight is 281 g/mol. The van der Waals surface area contributed by atoms with Crippen molar-refractivity contribution in [3.63, 3.8) is 0 Å². The van der Waals surface area contributed by atoms with Crippen molar-refractivity contribution in [3.8, 4) is 0 Å². The number of hydrogen-bond donors (Lipinski definition) is 2. The molecule has 1 fully saturated rings. The molecule has 3 N–H and O–H groups in total. The van der Waals surface area contributed by atoms with Gasteiger partial charge in [0, 0.05) is 30.1 Å². The minimum Gasteiger partial charge on any atom is -0.355 e. The molecule has 0 radical (unpaired) electrons. The third kappa shape index (κ3) is 4.01. The molecule has 0 saturated heterocycles. The maximum Gasteiger partial charge on any atom is 0.224 e. The van der Waals surface area contributed by atoms with E-state index in [1.165, 1.54) is 6.42 Å². The van der Waals surface area contributed by atoms with E-state index in [-0.39, 0.29) is 23.8 Å². The van der Waals surface area contributed by atoms with Crippen LogP contribution in [0.4, 0.5) is 0 Å². The molecule has 5 heteroatoms. The highest BCUT2D eigenvalue weighted by Crippen LogP contribution is 2.23. The molecular weight excluding hydrogens is 258 g/mol. The topological polar surface area (TPSA) is 68.0 Å². The van der Waals surface area contributed by atoms with Crippen LogP contribution in [0.25, 0.3) is 0 Å². The Kier molecular flexibility index (Phi) is 5.34. The molecule has 0 spiro atoms. The van der Waals surface area contributed by atoms with E-state index >= 15 is 0 Å². The summed E-state index contributed by atoms with van der Waals surface area (Å²) in [5.74, 6) is 0.384. The van der Waals surface area contributed by atoms with Gasteiger partial charge in [0.15, 0.2) is 0 Å². The Morgan fingerprint density at radius 2 is 2.32 bits per heavy atom. The predicted molar refractivity (Wildman–Crippen MR) is 78.1 cm³/mol. The van der Waals surface area contributed by atoms with Gasteiger partial charge in [0.2, 0.25) is 5.91 Å². The molecule has 106 valence electrons. The van der Waals surface area contributed by atoms with E-state index in [0.717, 1.165) is 30.7 Å². The zero-order chi connectivity index (χ0) is 13.7. The molecule has 1 heterocycles. The van der Waals surface area contributed by atoms with E-state index in [2.05, 4.69) is 17.2 Å². The molecule has 0 aromatic carbocycles. The molecule has 1 aromatic heterocycles. The van der Waals surface area contributed by atoms with Crippen LogP contribution < -0.4 is 11.1 Å². The second kappa shape index (κ2) is 7.01. The Balaban J connectivity index is 1.83.